The van der Waals surface area contributed by atoms with Gasteiger partial charge >= 0.3 is 0 Å². The molecule has 3 nitrogen and oxygen atoms in total. The third-order valence-corrected chi connectivity index (χ3v) is 5.10. The zero-order chi connectivity index (χ0) is 14.5. The van der Waals surface area contributed by atoms with E-state index in [2.05, 4.69) is 57.4 Å². The Morgan fingerprint density at radius 3 is 2.50 bits per heavy atom. The van der Waals surface area contributed by atoms with Gasteiger partial charge in [0.15, 0.2) is 0 Å². The molecule has 1 aromatic carbocycles. The molecule has 3 unspecified atom stereocenters. The molecule has 0 saturated carbocycles. The highest BCUT2D eigenvalue weighted by Crippen LogP contribution is 2.49. The van der Waals surface area contributed by atoms with Crippen LogP contribution in [0.1, 0.15) is 51.2 Å². The Morgan fingerprint density at radius 2 is 1.95 bits per heavy atom. The van der Waals surface area contributed by atoms with E-state index in [0.717, 1.165) is 12.8 Å². The molecule has 0 spiro atoms. The van der Waals surface area contributed by atoms with Gasteiger partial charge in [-0.05, 0) is 51.7 Å². The van der Waals surface area contributed by atoms with Crippen LogP contribution in [0.15, 0.2) is 24.3 Å². The second-order valence-corrected chi connectivity index (χ2v) is 7.48. The zero-order valence-electron chi connectivity index (χ0n) is 12.9. The topological polar surface area (TPSA) is 47.3 Å². The smallest absolute Gasteiger partial charge is 0.0678 e. The summed E-state index contributed by atoms with van der Waals surface area (Å²) in [5.74, 6) is 6.87. The highest BCUT2D eigenvalue weighted by molar-refractivity contribution is 5.41. The molecule has 2 aliphatic rings. The summed E-state index contributed by atoms with van der Waals surface area (Å²) in [5.41, 5.74) is 5.82. The molecule has 1 fully saturated rings. The van der Waals surface area contributed by atoms with Gasteiger partial charge in [0, 0.05) is 17.9 Å². The van der Waals surface area contributed by atoms with Gasteiger partial charge in [-0.1, -0.05) is 24.3 Å². The number of hydrazine groups is 1. The summed E-state index contributed by atoms with van der Waals surface area (Å²) < 4.78 is 6.24. The van der Waals surface area contributed by atoms with Crippen molar-refractivity contribution in [3.63, 3.8) is 0 Å². The molecule has 1 heterocycles. The second-order valence-electron chi connectivity index (χ2n) is 7.48. The molecular formula is C17H26N2O. The summed E-state index contributed by atoms with van der Waals surface area (Å²) in [7, 11) is 0. The quantitative estimate of drug-likeness (QED) is 0.658. The maximum Gasteiger partial charge on any atom is 0.0678 e. The van der Waals surface area contributed by atoms with Crippen LogP contribution in [0.25, 0.3) is 0 Å². The van der Waals surface area contributed by atoms with E-state index < -0.39 is 0 Å². The molecule has 110 valence electrons. The van der Waals surface area contributed by atoms with Crippen LogP contribution < -0.4 is 11.3 Å². The number of fused-ring (bicyclic) bond motifs is 1. The molecule has 3 N–H and O–H groups in total. The summed E-state index contributed by atoms with van der Waals surface area (Å²) in [5, 5.41) is 0. The van der Waals surface area contributed by atoms with Crippen LogP contribution in [-0.2, 0) is 11.2 Å². The molecule has 1 aliphatic heterocycles. The molecule has 0 amide bonds. The first-order valence-electron chi connectivity index (χ1n) is 7.58. The van der Waals surface area contributed by atoms with Crippen LogP contribution in [0.2, 0.25) is 0 Å². The first kappa shape index (κ1) is 14.1. The third kappa shape index (κ3) is 2.18. The van der Waals surface area contributed by atoms with Gasteiger partial charge in [-0.15, -0.1) is 0 Å². The van der Waals surface area contributed by atoms with E-state index in [-0.39, 0.29) is 17.2 Å². The van der Waals surface area contributed by atoms with Crippen molar-refractivity contribution in [2.45, 2.75) is 63.7 Å². The van der Waals surface area contributed by atoms with Crippen LogP contribution in [0, 0.1) is 5.92 Å². The monoisotopic (exact) mass is 274 g/mol. The average molecular weight is 274 g/mol. The predicted octanol–water partition coefficient (Wildman–Crippen LogP) is 2.75. The zero-order valence-corrected chi connectivity index (χ0v) is 12.9. The van der Waals surface area contributed by atoms with Crippen LogP contribution >= 0.6 is 0 Å². The molecule has 1 saturated heterocycles. The van der Waals surface area contributed by atoms with E-state index >= 15 is 0 Å². The van der Waals surface area contributed by atoms with Crippen molar-refractivity contribution in [1.29, 1.82) is 0 Å². The largest absolute Gasteiger partial charge is 0.369 e. The maximum atomic E-state index is 6.24. The Bertz CT molecular complexity index is 509. The summed E-state index contributed by atoms with van der Waals surface area (Å²) >= 11 is 0. The summed E-state index contributed by atoms with van der Waals surface area (Å²) in [6.45, 7) is 8.75. The van der Waals surface area contributed by atoms with E-state index in [1.165, 1.54) is 11.1 Å². The number of nitrogens with one attached hydrogen (secondary N) is 1. The normalized spacial score (nSPS) is 31.4. The molecular weight excluding hydrogens is 248 g/mol. The lowest BCUT2D eigenvalue weighted by Crippen LogP contribution is -2.52. The van der Waals surface area contributed by atoms with E-state index in [4.69, 9.17) is 10.6 Å². The van der Waals surface area contributed by atoms with Crippen molar-refractivity contribution in [2.24, 2.45) is 11.8 Å². The SMILES string of the molecule is CC1(C)CC(C(NN)C2Cc3ccccc32)C(C)(C)O1. The minimum absolute atomic E-state index is 0.0630. The standard InChI is InChI=1S/C17H26N2O/c1-16(2)10-14(17(3,4)20-16)15(19-18)13-9-11-7-5-6-8-12(11)13/h5-8,13-15,19H,9-10,18H2,1-4H3. The Labute approximate surface area is 121 Å². The number of hydrogen-bond acceptors (Lipinski definition) is 3. The van der Waals surface area contributed by atoms with E-state index in [1.54, 1.807) is 0 Å². The molecule has 0 aromatic heterocycles. The van der Waals surface area contributed by atoms with Gasteiger partial charge in [0.2, 0.25) is 0 Å². The van der Waals surface area contributed by atoms with Crippen LogP contribution in [-0.4, -0.2) is 17.2 Å². The first-order chi connectivity index (χ1) is 9.34. The molecule has 1 aromatic rings. The van der Waals surface area contributed by atoms with Gasteiger partial charge in [0.1, 0.15) is 0 Å². The van der Waals surface area contributed by atoms with Crippen molar-refractivity contribution >= 4 is 0 Å². The molecule has 0 bridgehead atoms. The highest BCUT2D eigenvalue weighted by atomic mass is 16.5. The molecule has 0 radical (unpaired) electrons. The lowest BCUT2D eigenvalue weighted by molar-refractivity contribution is -0.0788. The van der Waals surface area contributed by atoms with Crippen LogP contribution in [0.4, 0.5) is 0 Å². The number of hydrogen-bond donors (Lipinski definition) is 2. The van der Waals surface area contributed by atoms with Crippen LogP contribution in [0.3, 0.4) is 0 Å². The fourth-order valence-corrected chi connectivity index (χ4v) is 4.29. The van der Waals surface area contributed by atoms with Gasteiger partial charge in [0.05, 0.1) is 11.2 Å². The van der Waals surface area contributed by atoms with E-state index in [0.29, 0.717) is 11.8 Å². The van der Waals surface area contributed by atoms with E-state index in [9.17, 15) is 0 Å². The molecule has 1 aliphatic carbocycles. The lowest BCUT2D eigenvalue weighted by atomic mass is 9.67. The second kappa shape index (κ2) is 4.55. The average Bonchev–Trinajstić information content (AvgIpc) is 2.54. The number of nitrogens with two attached hydrogens (primary N) is 1. The number of rotatable bonds is 3. The summed E-state index contributed by atoms with van der Waals surface area (Å²) in [6, 6.07) is 8.98. The Balaban J connectivity index is 1.86. The molecule has 3 atom stereocenters. The van der Waals surface area contributed by atoms with Crippen molar-refractivity contribution in [3.8, 4) is 0 Å². The Kier molecular flexibility index (Phi) is 3.20. The third-order valence-electron chi connectivity index (χ3n) is 5.10. The van der Waals surface area contributed by atoms with Crippen molar-refractivity contribution in [2.75, 3.05) is 0 Å². The number of ether oxygens (including phenoxy) is 1. The highest BCUT2D eigenvalue weighted by Gasteiger charge is 2.51. The van der Waals surface area contributed by atoms with Gasteiger partial charge in [0.25, 0.3) is 0 Å². The minimum Gasteiger partial charge on any atom is -0.369 e. The van der Waals surface area contributed by atoms with Gasteiger partial charge in [-0.3, -0.25) is 11.3 Å². The van der Waals surface area contributed by atoms with Crippen molar-refractivity contribution in [3.05, 3.63) is 35.4 Å². The van der Waals surface area contributed by atoms with Crippen LogP contribution in [0.5, 0.6) is 0 Å². The van der Waals surface area contributed by atoms with Gasteiger partial charge < -0.3 is 4.74 Å². The minimum atomic E-state index is -0.134. The predicted molar refractivity (Wildman–Crippen MR) is 81.3 cm³/mol. The molecule has 20 heavy (non-hydrogen) atoms. The fourth-order valence-electron chi connectivity index (χ4n) is 4.29. The summed E-state index contributed by atoms with van der Waals surface area (Å²) in [6.07, 6.45) is 2.17. The van der Waals surface area contributed by atoms with E-state index in [1.807, 2.05) is 0 Å². The number of benzene rings is 1. The maximum absolute atomic E-state index is 6.24. The van der Waals surface area contributed by atoms with Crippen molar-refractivity contribution < 1.29 is 4.74 Å². The van der Waals surface area contributed by atoms with Crippen molar-refractivity contribution in [1.82, 2.24) is 5.43 Å². The lowest BCUT2D eigenvalue weighted by Gasteiger charge is -2.42. The van der Waals surface area contributed by atoms with Gasteiger partial charge in [-0.25, -0.2) is 0 Å². The summed E-state index contributed by atoms with van der Waals surface area (Å²) in [4.78, 5) is 0. The molecule has 3 heteroatoms. The van der Waals surface area contributed by atoms with Gasteiger partial charge in [-0.2, -0.15) is 0 Å². The first-order valence-corrected chi connectivity index (χ1v) is 7.58. The Hall–Kier alpha value is -0.900. The Morgan fingerprint density at radius 1 is 1.25 bits per heavy atom. The fraction of sp³-hybridized carbons (Fsp3) is 0.647. The molecule has 3 rings (SSSR count).